The number of fused-ring (bicyclic) bond motifs is 1. The molecule has 0 saturated heterocycles. The second kappa shape index (κ2) is 6.49. The Hall–Kier alpha value is -3.13. The zero-order chi connectivity index (χ0) is 19.1. The van der Waals surface area contributed by atoms with E-state index >= 15 is 0 Å². The van der Waals surface area contributed by atoms with E-state index in [1.165, 1.54) is 5.41 Å². The molecular weight excluding hydrogens is 378 g/mol. The Balaban J connectivity index is 1.56. The molecule has 142 valence electrons. The predicted octanol–water partition coefficient (Wildman–Crippen LogP) is 2.76. The highest BCUT2D eigenvalue weighted by atomic mass is 32.2. The Labute approximate surface area is 162 Å². The highest BCUT2D eigenvalue weighted by molar-refractivity contribution is 7.94. The molecule has 2 aliphatic rings. The summed E-state index contributed by atoms with van der Waals surface area (Å²) in [5.74, 6) is 2.62. The van der Waals surface area contributed by atoms with E-state index in [-0.39, 0.29) is 18.5 Å². The third-order valence-corrected chi connectivity index (χ3v) is 6.22. The third-order valence-electron chi connectivity index (χ3n) is 4.76. The number of hydrogen-bond donors (Lipinski definition) is 0. The van der Waals surface area contributed by atoms with Crippen molar-refractivity contribution < 1.29 is 17.9 Å². The van der Waals surface area contributed by atoms with Crippen molar-refractivity contribution in [1.29, 1.82) is 0 Å². The van der Waals surface area contributed by atoms with Crippen molar-refractivity contribution in [3.05, 3.63) is 65.8 Å². The van der Waals surface area contributed by atoms with Crippen molar-refractivity contribution in [3.8, 4) is 28.6 Å². The van der Waals surface area contributed by atoms with Crippen LogP contribution in [0.15, 0.2) is 60.0 Å². The monoisotopic (exact) mass is 395 g/mol. The fourth-order valence-corrected chi connectivity index (χ4v) is 4.81. The summed E-state index contributed by atoms with van der Waals surface area (Å²) < 4.78 is 36.2. The summed E-state index contributed by atoms with van der Waals surface area (Å²) in [5.41, 5.74) is 1.69. The fourth-order valence-electron chi connectivity index (χ4n) is 3.41. The van der Waals surface area contributed by atoms with Gasteiger partial charge >= 0.3 is 0 Å². The first-order chi connectivity index (χ1) is 13.6. The summed E-state index contributed by atoms with van der Waals surface area (Å²) in [7, 11) is -3.12. The van der Waals surface area contributed by atoms with Gasteiger partial charge in [0.05, 0.1) is 11.4 Å². The van der Waals surface area contributed by atoms with Crippen LogP contribution in [0.4, 0.5) is 0 Å². The maximum atomic E-state index is 11.8. The van der Waals surface area contributed by atoms with Gasteiger partial charge in [-0.1, -0.05) is 36.4 Å². The maximum absolute atomic E-state index is 11.8. The lowest BCUT2D eigenvalue weighted by molar-refractivity contribution is 0.174. The molecule has 0 bridgehead atoms. The van der Waals surface area contributed by atoms with Gasteiger partial charge in [0.15, 0.2) is 27.2 Å². The zero-order valence-electron chi connectivity index (χ0n) is 14.9. The van der Waals surface area contributed by atoms with Gasteiger partial charge in [0.25, 0.3) is 0 Å². The van der Waals surface area contributed by atoms with E-state index in [1.54, 1.807) is 10.8 Å². The van der Waals surface area contributed by atoms with Gasteiger partial charge in [0.2, 0.25) is 6.79 Å². The molecule has 2 aromatic carbocycles. The lowest BCUT2D eigenvalue weighted by Gasteiger charge is -2.09. The second-order valence-electron chi connectivity index (χ2n) is 6.79. The van der Waals surface area contributed by atoms with Gasteiger partial charge in [-0.05, 0) is 18.1 Å². The number of benzene rings is 2. The first-order valence-corrected chi connectivity index (χ1v) is 10.6. The molecule has 5 rings (SSSR count). The van der Waals surface area contributed by atoms with E-state index in [0.717, 1.165) is 11.3 Å². The minimum absolute atomic E-state index is 0.0989. The van der Waals surface area contributed by atoms with Gasteiger partial charge in [0.1, 0.15) is 5.82 Å². The van der Waals surface area contributed by atoms with Crippen LogP contribution in [0.2, 0.25) is 0 Å². The van der Waals surface area contributed by atoms with Crippen LogP contribution in [0.1, 0.15) is 5.82 Å². The highest BCUT2D eigenvalue weighted by Crippen LogP contribution is 2.34. The molecule has 1 atom stereocenters. The standard InChI is InChI=1S/C20H17N3O4S/c24-28(25)9-8-14(12-28)10-19-21-20(15-4-2-1-3-5-15)22-23(19)16-6-7-17-18(11-16)27-13-26-17/h1-9,11,14H,10,12-13H2/t14-/m1/s1. The van der Waals surface area contributed by atoms with E-state index in [1.807, 2.05) is 48.5 Å². The van der Waals surface area contributed by atoms with Gasteiger partial charge in [-0.3, -0.25) is 0 Å². The molecule has 0 radical (unpaired) electrons. The molecular formula is C20H17N3O4S. The van der Waals surface area contributed by atoms with Crippen LogP contribution in [0.3, 0.4) is 0 Å². The molecule has 0 spiro atoms. The minimum atomic E-state index is -3.12. The van der Waals surface area contributed by atoms with E-state index < -0.39 is 9.84 Å². The SMILES string of the molecule is O=S1(=O)C=C[C@H](Cc2nc(-c3ccccc3)nn2-c2ccc3c(c2)OCO3)C1. The lowest BCUT2D eigenvalue weighted by atomic mass is 10.1. The molecule has 8 heteroatoms. The largest absolute Gasteiger partial charge is 0.454 e. The molecule has 1 aromatic heterocycles. The Morgan fingerprint density at radius 2 is 1.89 bits per heavy atom. The number of aromatic nitrogens is 3. The number of rotatable bonds is 4. The summed E-state index contributed by atoms with van der Waals surface area (Å²) >= 11 is 0. The van der Waals surface area contributed by atoms with Gasteiger partial charge in [-0.25, -0.2) is 18.1 Å². The quantitative estimate of drug-likeness (QED) is 0.676. The van der Waals surface area contributed by atoms with E-state index in [9.17, 15) is 8.42 Å². The van der Waals surface area contributed by atoms with Gasteiger partial charge in [-0.2, -0.15) is 0 Å². The van der Waals surface area contributed by atoms with Crippen molar-refractivity contribution in [2.24, 2.45) is 5.92 Å². The average Bonchev–Trinajstić information content (AvgIpc) is 3.40. The smallest absolute Gasteiger partial charge is 0.231 e. The number of ether oxygens (including phenoxy) is 2. The van der Waals surface area contributed by atoms with Crippen molar-refractivity contribution in [2.75, 3.05) is 12.5 Å². The van der Waals surface area contributed by atoms with Crippen LogP contribution in [0.5, 0.6) is 11.5 Å². The summed E-state index contributed by atoms with van der Waals surface area (Å²) in [6.45, 7) is 0.197. The molecule has 0 unspecified atom stereocenters. The van der Waals surface area contributed by atoms with Gasteiger partial charge < -0.3 is 9.47 Å². The van der Waals surface area contributed by atoms with Crippen LogP contribution in [-0.2, 0) is 16.3 Å². The van der Waals surface area contributed by atoms with E-state index in [4.69, 9.17) is 19.6 Å². The maximum Gasteiger partial charge on any atom is 0.231 e. The highest BCUT2D eigenvalue weighted by Gasteiger charge is 2.25. The van der Waals surface area contributed by atoms with Crippen LogP contribution in [0, 0.1) is 5.92 Å². The molecule has 0 N–H and O–H groups in total. The van der Waals surface area contributed by atoms with E-state index in [0.29, 0.717) is 29.6 Å². The minimum Gasteiger partial charge on any atom is -0.454 e. The molecule has 7 nitrogen and oxygen atoms in total. The fraction of sp³-hybridized carbons (Fsp3) is 0.200. The number of nitrogens with zero attached hydrogens (tertiary/aromatic N) is 3. The Morgan fingerprint density at radius 3 is 2.68 bits per heavy atom. The van der Waals surface area contributed by atoms with Crippen molar-refractivity contribution in [3.63, 3.8) is 0 Å². The Bertz CT molecular complexity index is 1170. The molecule has 28 heavy (non-hydrogen) atoms. The average molecular weight is 395 g/mol. The van der Waals surface area contributed by atoms with E-state index in [2.05, 4.69) is 0 Å². The van der Waals surface area contributed by atoms with Crippen LogP contribution in [-0.4, -0.2) is 35.7 Å². The van der Waals surface area contributed by atoms with Crippen molar-refractivity contribution in [1.82, 2.24) is 14.8 Å². The second-order valence-corrected chi connectivity index (χ2v) is 8.72. The Morgan fingerprint density at radius 1 is 1.07 bits per heavy atom. The molecule has 3 aromatic rings. The van der Waals surface area contributed by atoms with Crippen LogP contribution < -0.4 is 9.47 Å². The van der Waals surface area contributed by atoms with Crippen LogP contribution in [0.25, 0.3) is 17.1 Å². The predicted molar refractivity (Wildman–Crippen MR) is 103 cm³/mol. The summed E-state index contributed by atoms with van der Waals surface area (Å²) in [4.78, 5) is 4.71. The number of hydrogen-bond acceptors (Lipinski definition) is 6. The third kappa shape index (κ3) is 3.16. The molecule has 0 aliphatic carbocycles. The first kappa shape index (κ1) is 17.0. The molecule has 3 heterocycles. The zero-order valence-corrected chi connectivity index (χ0v) is 15.7. The van der Waals surface area contributed by atoms with Crippen LogP contribution >= 0.6 is 0 Å². The van der Waals surface area contributed by atoms with Crippen molar-refractivity contribution >= 4 is 9.84 Å². The molecule has 0 fully saturated rings. The topological polar surface area (TPSA) is 83.3 Å². The van der Waals surface area contributed by atoms with Gasteiger partial charge in [-0.15, -0.1) is 5.10 Å². The first-order valence-electron chi connectivity index (χ1n) is 8.90. The van der Waals surface area contributed by atoms with Gasteiger partial charge in [0, 0.05) is 23.5 Å². The Kier molecular flexibility index (Phi) is 3.94. The molecule has 0 saturated carbocycles. The normalized spacial score (nSPS) is 19.2. The summed E-state index contributed by atoms with van der Waals surface area (Å²) in [5, 5.41) is 5.98. The van der Waals surface area contributed by atoms with Crippen molar-refractivity contribution in [2.45, 2.75) is 6.42 Å². The molecule has 2 aliphatic heterocycles. The summed E-state index contributed by atoms with van der Waals surface area (Å²) in [6.07, 6.45) is 2.21. The number of allylic oxidation sites excluding steroid dienone is 1. The number of sulfone groups is 1. The summed E-state index contributed by atoms with van der Waals surface area (Å²) in [6, 6.07) is 15.3. The lowest BCUT2D eigenvalue weighted by Crippen LogP contribution is -2.12. The molecule has 0 amide bonds.